The van der Waals surface area contributed by atoms with Crippen molar-refractivity contribution in [3.05, 3.63) is 23.4 Å². The summed E-state index contributed by atoms with van der Waals surface area (Å²) in [6, 6.07) is 3.70. The van der Waals surface area contributed by atoms with E-state index in [1.807, 2.05) is 26.0 Å². The number of aryl methyl sites for hydroxylation is 1. The number of aliphatic hydroxyl groups is 1. The zero-order chi connectivity index (χ0) is 14.0. The van der Waals surface area contributed by atoms with Crippen LogP contribution in [-0.2, 0) is 0 Å². The summed E-state index contributed by atoms with van der Waals surface area (Å²) in [6.45, 7) is 5.56. The summed E-state index contributed by atoms with van der Waals surface area (Å²) in [6.07, 6.45) is 1.71. The lowest BCUT2D eigenvalue weighted by molar-refractivity contribution is 0.110. The van der Waals surface area contributed by atoms with Gasteiger partial charge in [-0.3, -0.25) is 5.41 Å². The summed E-state index contributed by atoms with van der Waals surface area (Å²) < 4.78 is 0. The van der Waals surface area contributed by atoms with Crippen molar-refractivity contribution in [1.29, 1.82) is 5.41 Å². The molecular formula is C14H22N4O. The fourth-order valence-electron chi connectivity index (χ4n) is 2.58. The first-order valence-corrected chi connectivity index (χ1v) is 6.73. The molecular weight excluding hydrogens is 240 g/mol. The molecule has 1 saturated heterocycles. The molecule has 1 aromatic heterocycles. The zero-order valence-corrected chi connectivity index (χ0v) is 11.6. The summed E-state index contributed by atoms with van der Waals surface area (Å²) in [5, 5.41) is 17.1. The van der Waals surface area contributed by atoms with E-state index in [0.717, 1.165) is 43.0 Å². The Kier molecular flexibility index (Phi) is 4.04. The van der Waals surface area contributed by atoms with Gasteiger partial charge in [-0.1, -0.05) is 0 Å². The molecule has 1 aliphatic rings. The van der Waals surface area contributed by atoms with E-state index in [9.17, 15) is 5.11 Å². The van der Waals surface area contributed by atoms with E-state index < -0.39 is 0 Å². The molecule has 0 amide bonds. The molecule has 0 radical (unpaired) electrons. The molecule has 1 aliphatic heterocycles. The van der Waals surface area contributed by atoms with Gasteiger partial charge in [-0.15, -0.1) is 0 Å². The average molecular weight is 262 g/mol. The van der Waals surface area contributed by atoms with Gasteiger partial charge >= 0.3 is 0 Å². The van der Waals surface area contributed by atoms with Gasteiger partial charge in [-0.25, -0.2) is 4.98 Å². The van der Waals surface area contributed by atoms with Gasteiger partial charge in [-0.05, 0) is 44.7 Å². The van der Waals surface area contributed by atoms with E-state index in [1.165, 1.54) is 0 Å². The molecule has 1 fully saturated rings. The highest BCUT2D eigenvalue weighted by molar-refractivity contribution is 5.95. The number of hydrogen-bond acceptors (Lipinski definition) is 4. The van der Waals surface area contributed by atoms with Crippen LogP contribution in [0.1, 0.15) is 31.0 Å². The van der Waals surface area contributed by atoms with Gasteiger partial charge in [0.05, 0.1) is 6.10 Å². The molecule has 5 nitrogen and oxygen atoms in total. The lowest BCUT2D eigenvalue weighted by atomic mass is 9.92. The van der Waals surface area contributed by atoms with Crippen LogP contribution in [0.4, 0.5) is 5.82 Å². The molecule has 1 aromatic rings. The number of anilines is 1. The molecule has 0 spiro atoms. The number of rotatable bonds is 3. The number of aromatic nitrogens is 1. The number of pyridine rings is 1. The lowest BCUT2D eigenvalue weighted by Crippen LogP contribution is -2.37. The molecule has 0 aliphatic carbocycles. The average Bonchev–Trinajstić information content (AvgIpc) is 2.38. The molecule has 2 rings (SSSR count). The van der Waals surface area contributed by atoms with Gasteiger partial charge in [0.1, 0.15) is 11.7 Å². The minimum Gasteiger partial charge on any atom is -0.393 e. The van der Waals surface area contributed by atoms with Gasteiger partial charge in [0.15, 0.2) is 0 Å². The highest BCUT2D eigenvalue weighted by Crippen LogP contribution is 2.24. The number of amidine groups is 1. The van der Waals surface area contributed by atoms with Crippen LogP contribution in [0.25, 0.3) is 0 Å². The fourth-order valence-corrected chi connectivity index (χ4v) is 2.58. The topological polar surface area (TPSA) is 86.2 Å². The maximum atomic E-state index is 9.62. The second kappa shape index (κ2) is 5.57. The summed E-state index contributed by atoms with van der Waals surface area (Å²) in [7, 11) is 0. The Labute approximate surface area is 114 Å². The second-order valence-electron chi connectivity index (χ2n) is 5.33. The standard InChI is InChI=1S/C14H22N4O/c1-9-7-12(14(15)16)8-13(17-9)18-5-3-11(4-6-18)10(2)19/h7-8,10-11,19H,3-6H2,1-2H3,(H3,15,16). The Balaban J connectivity index is 2.13. The van der Waals surface area contributed by atoms with Crippen LogP contribution in [0.3, 0.4) is 0 Å². The molecule has 0 bridgehead atoms. The third-order valence-electron chi connectivity index (χ3n) is 3.80. The smallest absolute Gasteiger partial charge is 0.129 e. The van der Waals surface area contributed by atoms with Gasteiger partial charge in [-0.2, -0.15) is 0 Å². The summed E-state index contributed by atoms with van der Waals surface area (Å²) >= 11 is 0. The minimum absolute atomic E-state index is 0.0746. The van der Waals surface area contributed by atoms with Crippen LogP contribution >= 0.6 is 0 Å². The number of nitrogens with one attached hydrogen (secondary N) is 1. The van der Waals surface area contributed by atoms with E-state index >= 15 is 0 Å². The third kappa shape index (κ3) is 3.23. The molecule has 104 valence electrons. The van der Waals surface area contributed by atoms with Crippen molar-refractivity contribution in [3.63, 3.8) is 0 Å². The lowest BCUT2D eigenvalue weighted by Gasteiger charge is -2.34. The molecule has 0 aromatic carbocycles. The van der Waals surface area contributed by atoms with E-state index in [0.29, 0.717) is 5.92 Å². The Hall–Kier alpha value is -1.62. The fraction of sp³-hybridized carbons (Fsp3) is 0.571. The van der Waals surface area contributed by atoms with Crippen molar-refractivity contribution in [3.8, 4) is 0 Å². The van der Waals surface area contributed by atoms with E-state index in [-0.39, 0.29) is 11.9 Å². The van der Waals surface area contributed by atoms with Crippen LogP contribution in [0.5, 0.6) is 0 Å². The maximum Gasteiger partial charge on any atom is 0.129 e. The van der Waals surface area contributed by atoms with Crippen molar-refractivity contribution >= 4 is 11.7 Å². The largest absolute Gasteiger partial charge is 0.393 e. The Morgan fingerprint density at radius 3 is 2.63 bits per heavy atom. The predicted molar refractivity (Wildman–Crippen MR) is 76.6 cm³/mol. The molecule has 0 saturated carbocycles. The number of nitrogens with two attached hydrogens (primary N) is 1. The summed E-state index contributed by atoms with van der Waals surface area (Å²) in [5.74, 6) is 1.34. The highest BCUT2D eigenvalue weighted by Gasteiger charge is 2.23. The van der Waals surface area contributed by atoms with Gasteiger partial charge in [0, 0.05) is 24.3 Å². The molecule has 5 heteroatoms. The number of aliphatic hydroxyl groups excluding tert-OH is 1. The monoisotopic (exact) mass is 262 g/mol. The number of piperidine rings is 1. The van der Waals surface area contributed by atoms with Crippen LogP contribution in [0.15, 0.2) is 12.1 Å². The van der Waals surface area contributed by atoms with Crippen molar-refractivity contribution < 1.29 is 5.11 Å². The third-order valence-corrected chi connectivity index (χ3v) is 3.80. The Morgan fingerprint density at radius 2 is 2.11 bits per heavy atom. The summed E-state index contributed by atoms with van der Waals surface area (Å²) in [5.41, 5.74) is 7.14. The Morgan fingerprint density at radius 1 is 1.47 bits per heavy atom. The molecule has 2 heterocycles. The first-order valence-electron chi connectivity index (χ1n) is 6.73. The van der Waals surface area contributed by atoms with Crippen molar-refractivity contribution in [2.24, 2.45) is 11.7 Å². The zero-order valence-electron chi connectivity index (χ0n) is 11.6. The summed E-state index contributed by atoms with van der Waals surface area (Å²) in [4.78, 5) is 6.73. The highest BCUT2D eigenvalue weighted by atomic mass is 16.3. The number of hydrogen-bond donors (Lipinski definition) is 3. The molecule has 19 heavy (non-hydrogen) atoms. The second-order valence-corrected chi connectivity index (χ2v) is 5.33. The first kappa shape index (κ1) is 13.8. The number of nitrogen functional groups attached to an aromatic ring is 1. The van der Waals surface area contributed by atoms with Crippen molar-refractivity contribution in [2.75, 3.05) is 18.0 Å². The van der Waals surface area contributed by atoms with Crippen molar-refractivity contribution in [1.82, 2.24) is 4.98 Å². The normalized spacial score (nSPS) is 18.4. The predicted octanol–water partition coefficient (Wildman–Crippen LogP) is 1.27. The van der Waals surface area contributed by atoms with Crippen LogP contribution in [0.2, 0.25) is 0 Å². The van der Waals surface area contributed by atoms with E-state index in [4.69, 9.17) is 11.1 Å². The molecule has 4 N–H and O–H groups in total. The van der Waals surface area contributed by atoms with Crippen LogP contribution in [-0.4, -0.2) is 35.1 Å². The van der Waals surface area contributed by atoms with Gasteiger partial charge in [0.25, 0.3) is 0 Å². The maximum absolute atomic E-state index is 9.62. The molecule has 1 unspecified atom stereocenters. The van der Waals surface area contributed by atoms with Crippen molar-refractivity contribution in [2.45, 2.75) is 32.8 Å². The number of nitrogens with zero attached hydrogens (tertiary/aromatic N) is 2. The Bertz CT molecular complexity index is 465. The van der Waals surface area contributed by atoms with Crippen LogP contribution < -0.4 is 10.6 Å². The SMILES string of the molecule is Cc1cc(C(=N)N)cc(N2CCC(C(C)O)CC2)n1. The minimum atomic E-state index is -0.236. The van der Waals surface area contributed by atoms with Gasteiger partial charge in [0.2, 0.25) is 0 Å². The van der Waals surface area contributed by atoms with Crippen LogP contribution in [0, 0.1) is 18.3 Å². The molecule has 1 atom stereocenters. The van der Waals surface area contributed by atoms with E-state index in [1.54, 1.807) is 0 Å². The quantitative estimate of drug-likeness (QED) is 0.565. The van der Waals surface area contributed by atoms with E-state index in [2.05, 4.69) is 9.88 Å². The first-order chi connectivity index (χ1) is 8.97. The van der Waals surface area contributed by atoms with Gasteiger partial charge < -0.3 is 15.7 Å².